The highest BCUT2D eigenvalue weighted by Crippen LogP contribution is 2.36. The smallest absolute Gasteiger partial charge is 0.376 e. The van der Waals surface area contributed by atoms with Gasteiger partial charge in [0.1, 0.15) is 0 Å². The average Bonchev–Trinajstić information content (AvgIpc) is 2.54. The van der Waals surface area contributed by atoms with Gasteiger partial charge in [0, 0.05) is 17.3 Å². The monoisotopic (exact) mass is 360 g/mol. The predicted octanol–water partition coefficient (Wildman–Crippen LogP) is 4.78. The summed E-state index contributed by atoms with van der Waals surface area (Å²) in [5.41, 5.74) is 0.304. The minimum Gasteiger partial charge on any atom is -0.376 e. The van der Waals surface area contributed by atoms with Gasteiger partial charge >= 0.3 is 6.18 Å². The molecular weight excluding hydrogens is 341 g/mol. The lowest BCUT2D eigenvalue weighted by atomic mass is 9.97. The topological polar surface area (TPSA) is 41.1 Å². The molecule has 7 heteroatoms. The molecule has 0 fully saturated rings. The Morgan fingerprint density at radius 1 is 1.25 bits per heavy atom. The van der Waals surface area contributed by atoms with Gasteiger partial charge in [-0.05, 0) is 50.3 Å². The lowest BCUT2D eigenvalue weighted by molar-refractivity contribution is -0.137. The first kappa shape index (κ1) is 18.6. The van der Waals surface area contributed by atoms with E-state index in [0.29, 0.717) is 6.54 Å². The molecule has 132 valence electrons. The number of benzene rings is 1. The van der Waals surface area contributed by atoms with E-state index >= 15 is 0 Å². The largest absolute Gasteiger partial charge is 0.418 e. The number of anilines is 1. The van der Waals surface area contributed by atoms with Crippen LogP contribution in [-0.2, 0) is 11.0 Å². The van der Waals surface area contributed by atoms with Gasteiger partial charge in [0.15, 0.2) is 0 Å². The maximum Gasteiger partial charge on any atom is 0.418 e. The van der Waals surface area contributed by atoms with E-state index in [1.807, 2.05) is 0 Å². The van der Waals surface area contributed by atoms with Gasteiger partial charge in [-0.2, -0.15) is 13.2 Å². The summed E-state index contributed by atoms with van der Waals surface area (Å²) in [7, 11) is 0. The Morgan fingerprint density at radius 2 is 2.04 bits per heavy atom. The molecule has 0 aromatic heterocycles. The molecule has 0 unspecified atom stereocenters. The maximum absolute atomic E-state index is 13.0. The quantitative estimate of drug-likeness (QED) is 0.717. The third-order valence-corrected chi connectivity index (χ3v) is 4.11. The number of amides is 1. The fourth-order valence-corrected chi connectivity index (χ4v) is 2.81. The minimum absolute atomic E-state index is 0.00177. The Labute approximate surface area is 144 Å². The zero-order valence-electron chi connectivity index (χ0n) is 13.2. The van der Waals surface area contributed by atoms with E-state index in [4.69, 9.17) is 11.6 Å². The lowest BCUT2D eigenvalue weighted by Gasteiger charge is -2.15. The van der Waals surface area contributed by atoms with E-state index in [2.05, 4.69) is 16.7 Å². The van der Waals surface area contributed by atoms with Gasteiger partial charge in [-0.1, -0.05) is 23.3 Å². The first-order valence-electron chi connectivity index (χ1n) is 7.91. The Bertz CT molecular complexity index is 614. The molecule has 1 aliphatic carbocycles. The van der Waals surface area contributed by atoms with Crippen LogP contribution < -0.4 is 10.6 Å². The van der Waals surface area contributed by atoms with Crippen molar-refractivity contribution in [2.24, 2.45) is 0 Å². The molecule has 1 aromatic rings. The van der Waals surface area contributed by atoms with Crippen molar-refractivity contribution < 1.29 is 18.0 Å². The molecule has 3 nitrogen and oxygen atoms in total. The molecule has 0 radical (unpaired) electrons. The molecule has 0 aliphatic heterocycles. The Morgan fingerprint density at radius 3 is 2.71 bits per heavy atom. The second kappa shape index (κ2) is 8.42. The number of nitrogens with one attached hydrogen (secondary N) is 2. The van der Waals surface area contributed by atoms with Gasteiger partial charge in [0.25, 0.3) is 0 Å². The number of rotatable bonds is 6. The molecule has 0 atom stereocenters. The molecule has 2 N–H and O–H groups in total. The van der Waals surface area contributed by atoms with Crippen LogP contribution >= 0.6 is 11.6 Å². The van der Waals surface area contributed by atoms with Crippen molar-refractivity contribution in [1.82, 2.24) is 5.32 Å². The predicted molar refractivity (Wildman–Crippen MR) is 89.1 cm³/mol. The fourth-order valence-electron chi connectivity index (χ4n) is 2.64. The van der Waals surface area contributed by atoms with Crippen LogP contribution in [0, 0.1) is 0 Å². The van der Waals surface area contributed by atoms with Crippen LogP contribution in [0.25, 0.3) is 0 Å². The molecule has 0 bridgehead atoms. The molecule has 0 heterocycles. The number of carbonyl (C=O) groups is 1. The van der Waals surface area contributed by atoms with Crippen molar-refractivity contribution in [1.29, 1.82) is 0 Å². The van der Waals surface area contributed by atoms with Crippen molar-refractivity contribution in [3.8, 4) is 0 Å². The van der Waals surface area contributed by atoms with Crippen LogP contribution in [0.15, 0.2) is 29.8 Å². The molecule has 1 aliphatic rings. The van der Waals surface area contributed by atoms with Crippen LogP contribution in [0.5, 0.6) is 0 Å². The van der Waals surface area contributed by atoms with E-state index in [0.717, 1.165) is 25.3 Å². The zero-order chi connectivity index (χ0) is 17.6. The van der Waals surface area contributed by atoms with Crippen LogP contribution in [0.1, 0.15) is 37.7 Å². The maximum atomic E-state index is 13.0. The SMILES string of the molecule is O=C(CNc1ccc(Cl)cc1C(F)(F)F)NCCC1=CCCCC1. The van der Waals surface area contributed by atoms with Crippen molar-refractivity contribution in [3.05, 3.63) is 40.4 Å². The number of alkyl halides is 3. The van der Waals surface area contributed by atoms with E-state index in [1.165, 1.54) is 30.5 Å². The highest BCUT2D eigenvalue weighted by Gasteiger charge is 2.33. The molecular formula is C17H20ClF3N2O. The van der Waals surface area contributed by atoms with Crippen molar-refractivity contribution in [2.75, 3.05) is 18.4 Å². The van der Waals surface area contributed by atoms with Crippen molar-refractivity contribution in [3.63, 3.8) is 0 Å². The van der Waals surface area contributed by atoms with Gasteiger partial charge in [0.05, 0.1) is 12.1 Å². The number of allylic oxidation sites excluding steroid dienone is 1. The molecule has 2 rings (SSSR count). The summed E-state index contributed by atoms with van der Waals surface area (Å²) in [6, 6.07) is 3.43. The second-order valence-electron chi connectivity index (χ2n) is 5.75. The van der Waals surface area contributed by atoms with Gasteiger partial charge in [-0.25, -0.2) is 0 Å². The standard InChI is InChI=1S/C17H20ClF3N2O/c18-13-6-7-15(14(10-13)17(19,20)21)23-11-16(24)22-9-8-12-4-2-1-3-5-12/h4,6-7,10,23H,1-3,5,8-9,11H2,(H,22,24). The third kappa shape index (κ3) is 5.74. The minimum atomic E-state index is -4.53. The van der Waals surface area contributed by atoms with Crippen molar-refractivity contribution >= 4 is 23.2 Å². The molecule has 24 heavy (non-hydrogen) atoms. The first-order valence-corrected chi connectivity index (χ1v) is 8.29. The number of hydrogen-bond donors (Lipinski definition) is 2. The summed E-state index contributed by atoms with van der Waals surface area (Å²) < 4.78 is 38.9. The summed E-state index contributed by atoms with van der Waals surface area (Å²) >= 11 is 5.62. The highest BCUT2D eigenvalue weighted by molar-refractivity contribution is 6.30. The summed E-state index contributed by atoms with van der Waals surface area (Å²) in [5.74, 6) is -0.338. The average molecular weight is 361 g/mol. The summed E-state index contributed by atoms with van der Waals surface area (Å²) in [6.45, 7) is 0.281. The normalized spacial score (nSPS) is 14.9. The van der Waals surface area contributed by atoms with E-state index in [1.54, 1.807) is 0 Å². The Kier molecular flexibility index (Phi) is 6.54. The van der Waals surface area contributed by atoms with Crippen LogP contribution in [0.2, 0.25) is 5.02 Å². The Balaban J connectivity index is 1.82. The zero-order valence-corrected chi connectivity index (χ0v) is 13.9. The molecule has 0 saturated heterocycles. The third-order valence-electron chi connectivity index (χ3n) is 3.88. The molecule has 0 spiro atoms. The van der Waals surface area contributed by atoms with E-state index in [9.17, 15) is 18.0 Å². The summed E-state index contributed by atoms with van der Waals surface area (Å²) in [4.78, 5) is 11.8. The highest BCUT2D eigenvalue weighted by atomic mass is 35.5. The number of hydrogen-bond acceptors (Lipinski definition) is 2. The van der Waals surface area contributed by atoms with Gasteiger partial charge < -0.3 is 10.6 Å². The van der Waals surface area contributed by atoms with E-state index < -0.39 is 11.7 Å². The summed E-state index contributed by atoms with van der Waals surface area (Å²) in [6.07, 6.45) is 3.00. The van der Waals surface area contributed by atoms with Gasteiger partial charge in [0.2, 0.25) is 5.91 Å². The van der Waals surface area contributed by atoms with Crippen LogP contribution in [-0.4, -0.2) is 19.0 Å². The lowest BCUT2D eigenvalue weighted by Crippen LogP contribution is -2.31. The van der Waals surface area contributed by atoms with Gasteiger partial charge in [-0.15, -0.1) is 0 Å². The molecule has 1 amide bonds. The summed E-state index contributed by atoms with van der Waals surface area (Å²) in [5, 5.41) is 5.25. The second-order valence-corrected chi connectivity index (χ2v) is 6.19. The number of carbonyl (C=O) groups excluding carboxylic acids is 1. The fraction of sp³-hybridized carbons (Fsp3) is 0.471. The Hall–Kier alpha value is -1.69. The van der Waals surface area contributed by atoms with Crippen LogP contribution in [0.3, 0.4) is 0 Å². The molecule has 0 saturated carbocycles. The van der Waals surface area contributed by atoms with Crippen molar-refractivity contribution in [2.45, 2.75) is 38.3 Å². The van der Waals surface area contributed by atoms with E-state index in [-0.39, 0.29) is 23.2 Å². The van der Waals surface area contributed by atoms with Gasteiger partial charge in [-0.3, -0.25) is 4.79 Å². The number of halogens is 4. The first-order chi connectivity index (χ1) is 11.4. The van der Waals surface area contributed by atoms with Crippen LogP contribution in [0.4, 0.5) is 18.9 Å². The molecule has 1 aromatic carbocycles.